The van der Waals surface area contributed by atoms with Crippen LogP contribution in [-0.4, -0.2) is 19.6 Å². The molecule has 5 nitrogen and oxygen atoms in total. The average molecular weight is 506 g/mol. The summed E-state index contributed by atoms with van der Waals surface area (Å²) in [6, 6.07) is 41.4. The maximum atomic E-state index is 10.6. The Kier molecular flexibility index (Phi) is 5.52. The van der Waals surface area contributed by atoms with E-state index in [4.69, 9.17) is 9.40 Å². The number of aromatic nitrogens is 3. The Labute approximate surface area is 224 Å². The molecule has 7 aromatic rings. The Morgan fingerprint density at radius 1 is 0.590 bits per heavy atom. The number of benzene rings is 4. The van der Waals surface area contributed by atoms with Crippen LogP contribution in [0.4, 0.5) is 0 Å². The highest BCUT2D eigenvalue weighted by Gasteiger charge is 2.13. The first-order chi connectivity index (χ1) is 19.3. The lowest BCUT2D eigenvalue weighted by Gasteiger charge is -2.16. The predicted molar refractivity (Wildman–Crippen MR) is 156 cm³/mol. The van der Waals surface area contributed by atoms with Crippen molar-refractivity contribution in [2.24, 2.45) is 0 Å². The number of aromatic hydroxyl groups is 1. The second-order valence-electron chi connectivity index (χ2n) is 9.25. The van der Waals surface area contributed by atoms with Crippen LogP contribution in [0, 0.1) is 0 Å². The number of hydrogen-bond donors (Lipinski definition) is 1. The fourth-order valence-electron chi connectivity index (χ4n) is 5.03. The summed E-state index contributed by atoms with van der Waals surface area (Å²) in [5.41, 5.74) is 6.46. The smallest absolute Gasteiger partial charge is 0.151 e. The van der Waals surface area contributed by atoms with E-state index in [1.165, 1.54) is 0 Å². The Morgan fingerprint density at radius 2 is 1.36 bits per heavy atom. The van der Waals surface area contributed by atoms with Gasteiger partial charge >= 0.3 is 0 Å². The Bertz CT molecular complexity index is 2040. The molecule has 0 unspecified atom stereocenters. The first-order valence-corrected chi connectivity index (χ1v) is 12.7. The van der Waals surface area contributed by atoms with Gasteiger partial charge in [-0.1, -0.05) is 60.7 Å². The lowest BCUT2D eigenvalue weighted by atomic mass is 10.1. The molecule has 0 saturated heterocycles. The number of fused-ring (bicyclic) bond motifs is 4. The number of hydrogen-bond acceptors (Lipinski definition) is 4. The van der Waals surface area contributed by atoms with Gasteiger partial charge in [0.2, 0.25) is 0 Å². The number of pyridine rings is 2. The minimum Gasteiger partial charge on any atom is -0.507 e. The van der Waals surface area contributed by atoms with Crippen LogP contribution in [0.25, 0.3) is 61.3 Å². The summed E-state index contributed by atoms with van der Waals surface area (Å²) < 4.78 is 8.71. The van der Waals surface area contributed by atoms with Gasteiger partial charge in [-0.05, 0) is 66.7 Å². The van der Waals surface area contributed by atoms with E-state index in [9.17, 15) is 5.11 Å². The molecule has 7 rings (SSSR count). The van der Waals surface area contributed by atoms with Gasteiger partial charge in [-0.2, -0.15) is 0 Å². The summed E-state index contributed by atoms with van der Waals surface area (Å²) in [6.07, 6.45) is 1.79. The van der Waals surface area contributed by atoms with Crippen LogP contribution in [0.1, 0.15) is 0 Å². The van der Waals surface area contributed by atoms with Crippen molar-refractivity contribution in [2.75, 3.05) is 0 Å². The Balaban J connectivity index is 1.65. The normalized spacial score (nSPS) is 11.2. The summed E-state index contributed by atoms with van der Waals surface area (Å²) in [7, 11) is 0. The van der Waals surface area contributed by atoms with Gasteiger partial charge in [0.05, 0.1) is 22.4 Å². The zero-order valence-corrected chi connectivity index (χ0v) is 20.9. The van der Waals surface area contributed by atoms with E-state index >= 15 is 0 Å². The van der Waals surface area contributed by atoms with E-state index in [-0.39, 0.29) is 5.75 Å². The van der Waals surface area contributed by atoms with Gasteiger partial charge < -0.3 is 9.52 Å². The average Bonchev–Trinajstić information content (AvgIpc) is 2.99. The third-order valence-electron chi connectivity index (χ3n) is 6.85. The summed E-state index contributed by atoms with van der Waals surface area (Å²) >= 11 is 0. The molecule has 0 amide bonds. The molecule has 5 heteroatoms. The molecule has 0 bridgehead atoms. The molecule has 0 spiro atoms. The number of phenolic OH excluding ortho intramolecular Hbond substituents is 1. The van der Waals surface area contributed by atoms with Gasteiger partial charge in [-0.25, -0.2) is 4.98 Å². The summed E-state index contributed by atoms with van der Waals surface area (Å²) in [5, 5.41) is 12.6. The molecule has 0 fully saturated rings. The van der Waals surface area contributed by atoms with Crippen molar-refractivity contribution in [3.8, 4) is 34.1 Å². The van der Waals surface area contributed by atoms with E-state index < -0.39 is 0 Å². The van der Waals surface area contributed by atoms with Crippen molar-refractivity contribution in [3.05, 3.63) is 134 Å². The fourth-order valence-corrected chi connectivity index (χ4v) is 5.03. The maximum absolute atomic E-state index is 10.6. The van der Waals surface area contributed by atoms with Gasteiger partial charge in [0.15, 0.2) is 5.58 Å². The molecule has 0 aliphatic heterocycles. The largest absolute Gasteiger partial charge is 0.507 e. The number of rotatable bonds is 3. The Hall–Kier alpha value is -5.42. The molecule has 39 heavy (non-hydrogen) atoms. The predicted octanol–water partition coefficient (Wildman–Crippen LogP) is 8.48. The number of para-hydroxylation sites is 3. The summed E-state index contributed by atoms with van der Waals surface area (Å²) in [4.78, 5) is 9.63. The third kappa shape index (κ3) is 4.06. The van der Waals surface area contributed by atoms with Crippen LogP contribution in [-0.2, 0) is 0 Å². The van der Waals surface area contributed by atoms with Crippen molar-refractivity contribution in [1.29, 1.82) is 0 Å². The zero-order valence-electron chi connectivity index (χ0n) is 20.9. The third-order valence-corrected chi connectivity index (χ3v) is 6.85. The molecule has 0 aliphatic rings. The molecule has 0 aliphatic carbocycles. The minimum absolute atomic E-state index is 0.185. The van der Waals surface area contributed by atoms with E-state index in [1.54, 1.807) is 18.3 Å². The van der Waals surface area contributed by atoms with Gasteiger partial charge in [0, 0.05) is 28.1 Å². The zero-order chi connectivity index (χ0) is 26.2. The van der Waals surface area contributed by atoms with Crippen molar-refractivity contribution in [3.63, 3.8) is 0 Å². The van der Waals surface area contributed by atoms with E-state index in [0.29, 0.717) is 22.7 Å². The second kappa shape index (κ2) is 9.47. The highest BCUT2D eigenvalue weighted by Crippen LogP contribution is 2.33. The molecule has 0 atom stereocenters. The van der Waals surface area contributed by atoms with Crippen LogP contribution < -0.4 is 0 Å². The van der Waals surface area contributed by atoms with Gasteiger partial charge in [-0.3, -0.25) is 9.55 Å². The van der Waals surface area contributed by atoms with Crippen LogP contribution in [0.3, 0.4) is 0 Å². The standard InChI is InChI=1S/C34H23N3O2/c38-31-16-5-2-12-26(31)28-14-9-18-34(36-28)37-29-15-4-1-10-24(29)25-11-3-6-17-32(25)39-33-20-19-23(22-30(33)37)27-13-7-8-21-35-27/h1-22,38H. The minimum atomic E-state index is 0.185. The van der Waals surface area contributed by atoms with Gasteiger partial charge in [-0.15, -0.1) is 0 Å². The molecule has 0 saturated carbocycles. The van der Waals surface area contributed by atoms with Crippen LogP contribution >= 0.6 is 0 Å². The number of nitrogens with zero attached hydrogens (tertiary/aromatic N) is 3. The topological polar surface area (TPSA) is 64.1 Å². The Morgan fingerprint density at radius 3 is 2.23 bits per heavy atom. The quantitative estimate of drug-likeness (QED) is 0.262. The van der Waals surface area contributed by atoms with Crippen molar-refractivity contribution in [2.45, 2.75) is 0 Å². The first kappa shape index (κ1) is 22.8. The SMILES string of the molecule is Oc1ccccc1-c1cccc(-n2c3cc(-c4ccccn4)ccc3oc3ccccc3c3ccccc32)n1. The second-order valence-corrected chi connectivity index (χ2v) is 9.25. The van der Waals surface area contributed by atoms with Crippen LogP contribution in [0.5, 0.6) is 5.75 Å². The highest BCUT2D eigenvalue weighted by molar-refractivity contribution is 6.04. The molecule has 3 aromatic heterocycles. The lowest BCUT2D eigenvalue weighted by Crippen LogP contribution is -2.02. The van der Waals surface area contributed by atoms with Crippen LogP contribution in [0.15, 0.2) is 138 Å². The molecular weight excluding hydrogens is 482 g/mol. The molecular formula is C34H23N3O2. The van der Waals surface area contributed by atoms with E-state index in [0.717, 1.165) is 38.6 Å². The number of phenols is 1. The summed E-state index contributed by atoms with van der Waals surface area (Å²) in [5.74, 6) is 0.885. The summed E-state index contributed by atoms with van der Waals surface area (Å²) in [6.45, 7) is 0. The van der Waals surface area contributed by atoms with Gasteiger partial charge in [0.1, 0.15) is 17.2 Å². The van der Waals surface area contributed by atoms with E-state index in [1.807, 2.05) is 91.0 Å². The molecule has 4 aromatic carbocycles. The van der Waals surface area contributed by atoms with Crippen molar-refractivity contribution < 1.29 is 9.52 Å². The first-order valence-electron chi connectivity index (χ1n) is 12.7. The van der Waals surface area contributed by atoms with Crippen molar-refractivity contribution in [1.82, 2.24) is 14.5 Å². The van der Waals surface area contributed by atoms with Crippen LogP contribution in [0.2, 0.25) is 0 Å². The molecule has 1 N–H and O–H groups in total. The van der Waals surface area contributed by atoms with Crippen molar-refractivity contribution >= 4 is 33.0 Å². The molecule has 0 radical (unpaired) electrons. The van der Waals surface area contributed by atoms with Gasteiger partial charge in [0.25, 0.3) is 0 Å². The molecule has 186 valence electrons. The monoisotopic (exact) mass is 505 g/mol. The highest BCUT2D eigenvalue weighted by atomic mass is 16.3. The molecule has 3 heterocycles. The lowest BCUT2D eigenvalue weighted by molar-refractivity contribution is 0.477. The maximum Gasteiger partial charge on any atom is 0.151 e. The van der Waals surface area contributed by atoms with E-state index in [2.05, 4.69) is 33.8 Å². The fraction of sp³-hybridized carbons (Fsp3) is 0.